The first-order chi connectivity index (χ1) is 20.7. The molecule has 0 spiro atoms. The third kappa shape index (κ3) is 8.70. The van der Waals surface area contributed by atoms with Gasteiger partial charge in [0.05, 0.1) is 31.1 Å². The molecule has 1 fully saturated rings. The topological polar surface area (TPSA) is 170 Å². The Labute approximate surface area is 244 Å². The molecule has 15 heteroatoms. The van der Waals surface area contributed by atoms with Crippen molar-refractivity contribution in [3.8, 4) is 5.75 Å². The number of H-pyrrole nitrogens is 1. The predicted octanol–water partition coefficient (Wildman–Crippen LogP) is 2.46. The van der Waals surface area contributed by atoms with Crippen LogP contribution in [0.5, 0.6) is 5.75 Å². The Balaban J connectivity index is 0.998. The summed E-state index contributed by atoms with van der Waals surface area (Å²) in [6.45, 7) is 0.724. The van der Waals surface area contributed by atoms with E-state index in [2.05, 4.69) is 41.1 Å². The Bertz CT molecular complexity index is 1620. The number of anilines is 1. The third-order valence-corrected chi connectivity index (χ3v) is 6.59. The summed E-state index contributed by atoms with van der Waals surface area (Å²) in [5.41, 5.74) is 1.95. The Morgan fingerprint density at radius 2 is 1.95 bits per heavy atom. The lowest BCUT2D eigenvalue weighted by Crippen LogP contribution is -2.43. The van der Waals surface area contributed by atoms with E-state index in [-0.39, 0.29) is 42.8 Å². The van der Waals surface area contributed by atoms with Crippen LogP contribution in [0, 0.1) is 0 Å². The number of unbranched alkanes of at least 4 members (excludes halogenated alkanes) is 1. The first kappa shape index (κ1) is 29.4. The fourth-order valence-electron chi connectivity index (χ4n) is 4.39. The van der Waals surface area contributed by atoms with Gasteiger partial charge < -0.3 is 20.4 Å². The molecule has 0 unspecified atom stereocenters. The van der Waals surface area contributed by atoms with Crippen molar-refractivity contribution in [1.82, 2.24) is 40.5 Å². The number of halogens is 2. The highest BCUT2D eigenvalue weighted by atomic mass is 19.3. The molecule has 13 nitrogen and oxygen atoms in total. The summed E-state index contributed by atoms with van der Waals surface area (Å²) in [5.74, 6) is -2.74. The molecular weight excluding hydrogens is 564 g/mol. The van der Waals surface area contributed by atoms with Crippen LogP contribution in [0.1, 0.15) is 53.1 Å². The minimum absolute atomic E-state index is 0.00795. The lowest BCUT2D eigenvalue weighted by Gasteiger charge is -2.34. The van der Waals surface area contributed by atoms with Crippen LogP contribution in [0.3, 0.4) is 0 Å². The van der Waals surface area contributed by atoms with E-state index in [9.17, 15) is 23.2 Å². The van der Waals surface area contributed by atoms with Gasteiger partial charge in [-0.25, -0.2) is 8.78 Å². The lowest BCUT2D eigenvalue weighted by atomic mass is 9.91. The van der Waals surface area contributed by atoms with Crippen LogP contribution < -0.4 is 20.8 Å². The van der Waals surface area contributed by atoms with Crippen molar-refractivity contribution in [2.24, 2.45) is 0 Å². The summed E-state index contributed by atoms with van der Waals surface area (Å²) in [4.78, 5) is 43.1. The van der Waals surface area contributed by atoms with Crippen LogP contribution in [-0.2, 0) is 30.7 Å². The van der Waals surface area contributed by atoms with Crippen molar-refractivity contribution in [3.05, 3.63) is 88.0 Å². The normalized spacial score (nSPS) is 14.1. The summed E-state index contributed by atoms with van der Waals surface area (Å²) < 4.78 is 33.1. The van der Waals surface area contributed by atoms with E-state index in [0.29, 0.717) is 35.8 Å². The number of rotatable bonds is 13. The Hall–Kier alpha value is -5.08. The standard InChI is InChI=1S/C28H29F2N9O4/c29-28(30)12-23(13-28)43-22-9-18(14-31-16-22)10-26(41)34-25-5-4-19(35-37-25)3-1-2-8-39-17-24(36-38-39)27(42)33-15-20-11-21(40)6-7-32-20/h4-7,9,11,14,16-17,23H,1-3,8,10,12-13,15H2,(H,32,40)(H,33,42)(H,34,37,41). The van der Waals surface area contributed by atoms with E-state index in [0.717, 1.165) is 18.5 Å². The lowest BCUT2D eigenvalue weighted by molar-refractivity contribution is -0.134. The van der Waals surface area contributed by atoms with Crippen molar-refractivity contribution in [2.45, 2.75) is 63.6 Å². The number of carbonyl (C=O) groups excluding carboxylic acids is 2. The number of carbonyl (C=O) groups is 2. The van der Waals surface area contributed by atoms with Crippen LogP contribution in [-0.4, -0.2) is 59.0 Å². The molecule has 1 aliphatic carbocycles. The molecule has 3 N–H and O–H groups in total. The number of alkyl halides is 2. The van der Waals surface area contributed by atoms with Crippen LogP contribution >= 0.6 is 0 Å². The average Bonchev–Trinajstić information content (AvgIpc) is 3.43. The monoisotopic (exact) mass is 593 g/mol. The van der Waals surface area contributed by atoms with Crippen molar-refractivity contribution >= 4 is 17.6 Å². The number of aryl methyl sites for hydroxylation is 2. The Morgan fingerprint density at radius 1 is 1.09 bits per heavy atom. The number of aromatic amines is 1. The molecular formula is C28H29F2N9O4. The highest BCUT2D eigenvalue weighted by Crippen LogP contribution is 2.39. The summed E-state index contributed by atoms with van der Waals surface area (Å²) >= 11 is 0. The smallest absolute Gasteiger partial charge is 0.273 e. The second kappa shape index (κ2) is 13.3. The van der Waals surface area contributed by atoms with Crippen LogP contribution in [0.2, 0.25) is 0 Å². The third-order valence-electron chi connectivity index (χ3n) is 6.59. The average molecular weight is 594 g/mol. The summed E-state index contributed by atoms with van der Waals surface area (Å²) in [7, 11) is 0. The van der Waals surface area contributed by atoms with Gasteiger partial charge in [0, 0.05) is 49.6 Å². The SMILES string of the molecule is O=C(Cc1cncc(OC2CC(F)(F)C2)c1)Nc1ccc(CCCCn2cc(C(=O)NCc3cc(=O)cc[nH]3)nn2)nn1. The van der Waals surface area contributed by atoms with Gasteiger partial charge in [-0.3, -0.25) is 24.0 Å². The van der Waals surface area contributed by atoms with E-state index in [1.54, 1.807) is 29.1 Å². The number of hydrogen-bond donors (Lipinski definition) is 3. The minimum atomic E-state index is -2.68. The van der Waals surface area contributed by atoms with Crippen molar-refractivity contribution in [2.75, 3.05) is 5.32 Å². The van der Waals surface area contributed by atoms with E-state index in [1.165, 1.54) is 30.7 Å². The number of hydrogen-bond acceptors (Lipinski definition) is 9. The molecule has 0 aliphatic heterocycles. The Kier molecular flexibility index (Phi) is 9.08. The largest absolute Gasteiger partial charge is 0.488 e. The second-order valence-electron chi connectivity index (χ2n) is 10.2. The molecule has 1 saturated carbocycles. The molecule has 1 aliphatic rings. The van der Waals surface area contributed by atoms with Crippen LogP contribution in [0.4, 0.5) is 14.6 Å². The number of aromatic nitrogens is 7. The first-order valence-electron chi connectivity index (χ1n) is 13.7. The number of nitrogens with zero attached hydrogens (tertiary/aromatic N) is 6. The van der Waals surface area contributed by atoms with E-state index < -0.39 is 17.9 Å². The zero-order valence-corrected chi connectivity index (χ0v) is 23.0. The fourth-order valence-corrected chi connectivity index (χ4v) is 4.39. The minimum Gasteiger partial charge on any atom is -0.488 e. The maximum atomic E-state index is 13.0. The summed E-state index contributed by atoms with van der Waals surface area (Å²) in [5, 5.41) is 21.5. The zero-order valence-electron chi connectivity index (χ0n) is 23.0. The van der Waals surface area contributed by atoms with E-state index in [1.807, 2.05) is 0 Å². The van der Waals surface area contributed by atoms with Gasteiger partial charge in [-0.15, -0.1) is 10.2 Å². The van der Waals surface area contributed by atoms with Gasteiger partial charge in [-0.2, -0.15) is 5.10 Å². The highest BCUT2D eigenvalue weighted by Gasteiger charge is 2.47. The van der Waals surface area contributed by atoms with Crippen molar-refractivity contribution in [3.63, 3.8) is 0 Å². The maximum absolute atomic E-state index is 13.0. The van der Waals surface area contributed by atoms with Gasteiger partial charge in [0.25, 0.3) is 11.8 Å². The Morgan fingerprint density at radius 3 is 2.72 bits per heavy atom. The van der Waals surface area contributed by atoms with Crippen LogP contribution in [0.15, 0.2) is 59.9 Å². The molecule has 224 valence electrons. The number of pyridine rings is 2. The maximum Gasteiger partial charge on any atom is 0.273 e. The van der Waals surface area contributed by atoms with E-state index >= 15 is 0 Å². The van der Waals surface area contributed by atoms with Gasteiger partial charge in [-0.05, 0) is 43.0 Å². The summed E-state index contributed by atoms with van der Waals surface area (Å²) in [6, 6.07) is 7.87. The molecule has 0 atom stereocenters. The molecule has 4 aromatic rings. The fraction of sp³-hybridized carbons (Fsp3) is 0.357. The number of ether oxygens (including phenoxy) is 1. The molecule has 0 saturated heterocycles. The second-order valence-corrected chi connectivity index (χ2v) is 10.2. The van der Waals surface area contributed by atoms with Gasteiger partial charge >= 0.3 is 0 Å². The van der Waals surface area contributed by atoms with Crippen LogP contribution in [0.25, 0.3) is 0 Å². The van der Waals surface area contributed by atoms with Crippen molar-refractivity contribution < 1.29 is 23.1 Å². The molecule has 2 amide bonds. The number of amides is 2. The molecule has 43 heavy (non-hydrogen) atoms. The molecule has 4 heterocycles. The van der Waals surface area contributed by atoms with Crippen molar-refractivity contribution in [1.29, 1.82) is 0 Å². The summed E-state index contributed by atoms with van der Waals surface area (Å²) in [6.07, 6.45) is 7.04. The van der Waals surface area contributed by atoms with Gasteiger partial charge in [0.2, 0.25) is 5.91 Å². The van der Waals surface area contributed by atoms with Gasteiger partial charge in [0.15, 0.2) is 16.9 Å². The first-order valence-corrected chi connectivity index (χ1v) is 13.7. The molecule has 5 rings (SSSR count). The highest BCUT2D eigenvalue weighted by molar-refractivity contribution is 5.92. The molecule has 0 aromatic carbocycles. The molecule has 4 aromatic heterocycles. The number of nitrogens with one attached hydrogen (secondary N) is 3. The molecule has 0 bridgehead atoms. The molecule has 0 radical (unpaired) electrons. The predicted molar refractivity (Wildman–Crippen MR) is 148 cm³/mol. The quantitative estimate of drug-likeness (QED) is 0.197. The van der Waals surface area contributed by atoms with E-state index in [4.69, 9.17) is 4.74 Å². The van der Waals surface area contributed by atoms with Gasteiger partial charge in [-0.1, -0.05) is 5.21 Å². The zero-order chi connectivity index (χ0) is 30.2. The van der Waals surface area contributed by atoms with Gasteiger partial charge in [0.1, 0.15) is 11.9 Å².